The van der Waals surface area contributed by atoms with Crippen molar-refractivity contribution in [2.24, 2.45) is 0 Å². The average Bonchev–Trinajstić information content (AvgIpc) is 3.31. The number of carbonyl (C=O) groups is 3. The minimum absolute atomic E-state index is 0.159. The van der Waals surface area contributed by atoms with Crippen molar-refractivity contribution in [2.75, 3.05) is 13.6 Å². The van der Waals surface area contributed by atoms with Gasteiger partial charge < -0.3 is 14.2 Å². The van der Waals surface area contributed by atoms with E-state index in [0.29, 0.717) is 12.8 Å². The molecule has 1 aromatic heterocycles. The fourth-order valence-electron chi connectivity index (χ4n) is 4.64. The minimum atomic E-state index is -0.743. The minimum Gasteiger partial charge on any atom is -0.467 e. The molecule has 7 nitrogen and oxygen atoms in total. The van der Waals surface area contributed by atoms with Crippen molar-refractivity contribution in [1.82, 2.24) is 14.7 Å². The molecule has 146 valence electrons. The highest BCUT2D eigenvalue weighted by atomic mass is 16.3. The van der Waals surface area contributed by atoms with Crippen LogP contribution in [-0.2, 0) is 9.59 Å². The summed E-state index contributed by atoms with van der Waals surface area (Å²) >= 11 is 0. The van der Waals surface area contributed by atoms with Gasteiger partial charge in [0.2, 0.25) is 5.91 Å². The summed E-state index contributed by atoms with van der Waals surface area (Å²) in [7, 11) is 1.69. The van der Waals surface area contributed by atoms with Crippen LogP contribution >= 0.6 is 0 Å². The van der Waals surface area contributed by atoms with Gasteiger partial charge >= 0.3 is 6.03 Å². The summed E-state index contributed by atoms with van der Waals surface area (Å²) in [6.45, 7) is 1.74. The molecule has 2 heterocycles. The highest BCUT2D eigenvalue weighted by molar-refractivity contribution is 6.09. The number of hydrogen-bond acceptors (Lipinski definition) is 4. The fourth-order valence-corrected chi connectivity index (χ4v) is 4.64. The lowest BCUT2D eigenvalue weighted by Crippen LogP contribution is -2.50. The Bertz CT molecular complexity index is 734. The van der Waals surface area contributed by atoms with Gasteiger partial charge in [0.05, 0.1) is 12.3 Å². The van der Waals surface area contributed by atoms with Crippen LogP contribution in [0.25, 0.3) is 0 Å². The topological polar surface area (TPSA) is 74.1 Å². The van der Waals surface area contributed by atoms with E-state index in [1.54, 1.807) is 29.2 Å². The Hall–Kier alpha value is -2.31. The van der Waals surface area contributed by atoms with Crippen LogP contribution in [0.15, 0.2) is 22.8 Å². The van der Waals surface area contributed by atoms with Gasteiger partial charge in [0.15, 0.2) is 0 Å². The zero-order valence-corrected chi connectivity index (χ0v) is 16.0. The fraction of sp³-hybridized carbons (Fsp3) is 0.650. The predicted octanol–water partition coefficient (Wildman–Crippen LogP) is 2.93. The normalized spacial score (nSPS) is 23.2. The van der Waals surface area contributed by atoms with Crippen molar-refractivity contribution in [3.63, 3.8) is 0 Å². The number of carbonyl (C=O) groups excluding carboxylic acids is 3. The molecule has 1 spiro atoms. The maximum absolute atomic E-state index is 13.1. The maximum atomic E-state index is 13.1. The van der Waals surface area contributed by atoms with Crippen molar-refractivity contribution < 1.29 is 18.8 Å². The Kier molecular flexibility index (Phi) is 4.48. The molecule has 2 saturated carbocycles. The van der Waals surface area contributed by atoms with Gasteiger partial charge in [0, 0.05) is 13.1 Å². The summed E-state index contributed by atoms with van der Waals surface area (Å²) in [4.78, 5) is 43.5. The first-order valence-corrected chi connectivity index (χ1v) is 9.90. The zero-order valence-electron chi connectivity index (χ0n) is 16.0. The largest absolute Gasteiger partial charge is 0.467 e. The van der Waals surface area contributed by atoms with E-state index < -0.39 is 5.54 Å². The van der Waals surface area contributed by atoms with Crippen LogP contribution in [0.1, 0.15) is 63.7 Å². The standard InChI is InChI=1S/C20H27N3O4/c1-14(16-7-6-12-27-16)23(15-8-9-15)17(24)13-22-18(25)20(21(2)19(22)26)10-4-3-5-11-20/h6-7,12,14-15H,3-5,8-11,13H2,1-2H3. The van der Waals surface area contributed by atoms with Gasteiger partial charge in [0.1, 0.15) is 17.8 Å². The van der Waals surface area contributed by atoms with E-state index >= 15 is 0 Å². The highest BCUT2D eigenvalue weighted by Crippen LogP contribution is 2.40. The van der Waals surface area contributed by atoms with E-state index in [4.69, 9.17) is 4.42 Å². The number of furan rings is 1. The number of hydrogen-bond donors (Lipinski definition) is 0. The van der Waals surface area contributed by atoms with Crippen LogP contribution in [0.4, 0.5) is 4.79 Å². The molecule has 3 aliphatic rings. The van der Waals surface area contributed by atoms with Gasteiger partial charge in [-0.1, -0.05) is 19.3 Å². The molecule has 1 atom stereocenters. The molecule has 2 aliphatic carbocycles. The molecule has 4 rings (SSSR count). The summed E-state index contributed by atoms with van der Waals surface area (Å²) in [6.07, 6.45) is 7.83. The Morgan fingerprint density at radius 3 is 2.59 bits per heavy atom. The maximum Gasteiger partial charge on any atom is 0.327 e. The van der Waals surface area contributed by atoms with E-state index in [1.807, 2.05) is 13.0 Å². The van der Waals surface area contributed by atoms with Crippen LogP contribution in [0.2, 0.25) is 0 Å². The monoisotopic (exact) mass is 373 g/mol. The quantitative estimate of drug-likeness (QED) is 0.744. The number of imide groups is 1. The SMILES string of the molecule is CC(c1ccco1)N(C(=O)CN1C(=O)N(C)C2(CCCCC2)C1=O)C1CC1. The summed E-state index contributed by atoms with van der Waals surface area (Å²) in [6, 6.07) is 3.25. The van der Waals surface area contributed by atoms with Gasteiger partial charge in [-0.3, -0.25) is 14.5 Å². The lowest BCUT2D eigenvalue weighted by atomic mass is 9.81. The number of amides is 4. The summed E-state index contributed by atoms with van der Waals surface area (Å²) < 4.78 is 5.47. The molecule has 1 aromatic rings. The van der Waals surface area contributed by atoms with Crippen molar-refractivity contribution in [2.45, 2.75) is 69.5 Å². The second-order valence-electron chi connectivity index (χ2n) is 8.05. The first-order chi connectivity index (χ1) is 13.0. The predicted molar refractivity (Wildman–Crippen MR) is 97.7 cm³/mol. The van der Waals surface area contributed by atoms with E-state index in [2.05, 4.69) is 0 Å². The van der Waals surface area contributed by atoms with Gasteiger partial charge in [0.25, 0.3) is 5.91 Å². The molecular weight excluding hydrogens is 346 g/mol. The summed E-state index contributed by atoms with van der Waals surface area (Å²) in [5.41, 5.74) is -0.743. The van der Waals surface area contributed by atoms with Gasteiger partial charge in [-0.15, -0.1) is 0 Å². The number of urea groups is 1. The molecule has 0 radical (unpaired) electrons. The van der Waals surface area contributed by atoms with Gasteiger partial charge in [-0.25, -0.2) is 4.79 Å². The van der Waals surface area contributed by atoms with Crippen molar-refractivity contribution in [1.29, 1.82) is 0 Å². The van der Waals surface area contributed by atoms with Crippen LogP contribution in [0, 0.1) is 0 Å². The third kappa shape index (κ3) is 2.93. The lowest BCUT2D eigenvalue weighted by Gasteiger charge is -2.35. The van der Waals surface area contributed by atoms with Crippen molar-refractivity contribution in [3.05, 3.63) is 24.2 Å². The molecule has 0 aromatic carbocycles. The summed E-state index contributed by atoms with van der Waals surface area (Å²) in [5, 5.41) is 0. The molecule has 4 amide bonds. The van der Waals surface area contributed by atoms with Crippen molar-refractivity contribution >= 4 is 17.8 Å². The molecule has 27 heavy (non-hydrogen) atoms. The number of nitrogens with zero attached hydrogens (tertiary/aromatic N) is 3. The smallest absolute Gasteiger partial charge is 0.327 e. The van der Waals surface area contributed by atoms with Gasteiger partial charge in [-0.05, 0) is 44.7 Å². The number of rotatable bonds is 5. The lowest BCUT2D eigenvalue weighted by molar-refractivity contribution is -0.142. The highest BCUT2D eigenvalue weighted by Gasteiger charge is 2.56. The molecule has 1 saturated heterocycles. The van der Waals surface area contributed by atoms with Crippen LogP contribution in [-0.4, -0.2) is 57.7 Å². The van der Waals surface area contributed by atoms with Crippen LogP contribution in [0.3, 0.4) is 0 Å². The molecule has 3 fully saturated rings. The van der Waals surface area contributed by atoms with E-state index in [-0.39, 0.29) is 36.5 Å². The zero-order chi connectivity index (χ0) is 19.2. The van der Waals surface area contributed by atoms with E-state index in [0.717, 1.165) is 42.8 Å². The first-order valence-electron chi connectivity index (χ1n) is 9.90. The molecule has 1 unspecified atom stereocenters. The van der Waals surface area contributed by atoms with Crippen molar-refractivity contribution in [3.8, 4) is 0 Å². The second kappa shape index (κ2) is 6.69. The third-order valence-electron chi connectivity index (χ3n) is 6.38. The molecule has 0 bridgehead atoms. The molecule has 7 heteroatoms. The van der Waals surface area contributed by atoms with E-state index in [1.165, 1.54) is 0 Å². The third-order valence-corrected chi connectivity index (χ3v) is 6.38. The van der Waals surface area contributed by atoms with Crippen LogP contribution < -0.4 is 0 Å². The Balaban J connectivity index is 1.53. The Morgan fingerprint density at radius 2 is 2.00 bits per heavy atom. The average molecular weight is 373 g/mol. The molecule has 0 N–H and O–H groups in total. The number of likely N-dealkylation sites (N-methyl/N-ethyl adjacent to an activating group) is 1. The Labute approximate surface area is 159 Å². The molecular formula is C20H27N3O4. The van der Waals surface area contributed by atoms with E-state index in [9.17, 15) is 14.4 Å². The van der Waals surface area contributed by atoms with Crippen LogP contribution in [0.5, 0.6) is 0 Å². The van der Waals surface area contributed by atoms with Gasteiger partial charge in [-0.2, -0.15) is 0 Å². The Morgan fingerprint density at radius 1 is 1.30 bits per heavy atom. The molecule has 1 aliphatic heterocycles. The first kappa shape index (κ1) is 18.1. The summed E-state index contributed by atoms with van der Waals surface area (Å²) in [5.74, 6) is 0.323. The second-order valence-corrected chi connectivity index (χ2v) is 8.05.